The molecule has 3 aromatic rings. The largest absolute Gasteiger partial charge is 0.455 e. The van der Waals surface area contributed by atoms with E-state index in [1.165, 1.54) is 12.1 Å². The molecule has 1 aliphatic rings. The van der Waals surface area contributed by atoms with Crippen LogP contribution in [0.2, 0.25) is 0 Å². The zero-order valence-electron chi connectivity index (χ0n) is 21.0. The van der Waals surface area contributed by atoms with E-state index >= 15 is 0 Å². The number of nitrogens with two attached hydrogens (primary N) is 2. The fraction of sp³-hybridized carbons (Fsp3) is 0.286. The topological polar surface area (TPSA) is 137 Å². The summed E-state index contributed by atoms with van der Waals surface area (Å²) >= 11 is 0. The molecule has 1 aromatic heterocycles. The Morgan fingerprint density at radius 2 is 1.86 bits per heavy atom. The van der Waals surface area contributed by atoms with Crippen LogP contribution in [0.3, 0.4) is 0 Å². The van der Waals surface area contributed by atoms with Crippen molar-refractivity contribution in [3.8, 4) is 16.9 Å². The van der Waals surface area contributed by atoms with E-state index in [1.54, 1.807) is 37.4 Å². The van der Waals surface area contributed by atoms with Gasteiger partial charge in [0, 0.05) is 35.0 Å². The number of nitrogens with zero attached hydrogens (tertiary/aromatic N) is 1. The number of amides is 1. The van der Waals surface area contributed by atoms with Crippen LogP contribution < -0.4 is 20.9 Å². The number of pyridine rings is 1. The summed E-state index contributed by atoms with van der Waals surface area (Å²) in [5.74, 6) is 0.539. The third-order valence-electron chi connectivity index (χ3n) is 6.72. The van der Waals surface area contributed by atoms with Gasteiger partial charge in [-0.2, -0.15) is 0 Å². The van der Waals surface area contributed by atoms with Gasteiger partial charge in [-0.3, -0.25) is 9.78 Å². The lowest BCUT2D eigenvalue weighted by Crippen LogP contribution is -2.49. The van der Waals surface area contributed by atoms with Crippen LogP contribution in [-0.2, 0) is 10.0 Å². The highest BCUT2D eigenvalue weighted by atomic mass is 32.2. The summed E-state index contributed by atoms with van der Waals surface area (Å²) in [4.78, 5) is 17.4. The number of primary sulfonamides is 1. The third kappa shape index (κ3) is 6.07. The summed E-state index contributed by atoms with van der Waals surface area (Å²) in [7, 11) is -3.89. The quantitative estimate of drug-likeness (QED) is 0.402. The molecule has 194 valence electrons. The molecule has 1 saturated carbocycles. The van der Waals surface area contributed by atoms with Gasteiger partial charge in [0.2, 0.25) is 10.0 Å². The molecule has 8 nitrogen and oxygen atoms in total. The predicted molar refractivity (Wildman–Crippen MR) is 144 cm³/mol. The first-order valence-corrected chi connectivity index (χ1v) is 13.7. The number of aromatic nitrogens is 1. The molecule has 0 spiro atoms. The Hall–Kier alpha value is -3.53. The predicted octanol–water partition coefficient (Wildman–Crippen LogP) is 4.06. The van der Waals surface area contributed by atoms with Gasteiger partial charge >= 0.3 is 0 Å². The molecular formula is C28H32N4O4S. The maximum Gasteiger partial charge on any atom is 0.251 e. The molecule has 9 heteroatoms. The molecule has 0 radical (unpaired) electrons. The number of rotatable bonds is 7. The fourth-order valence-electron chi connectivity index (χ4n) is 4.58. The summed E-state index contributed by atoms with van der Waals surface area (Å²) in [6.45, 7) is 7.67. The number of nitrogens with one attached hydrogen (secondary N) is 1. The Morgan fingerprint density at radius 1 is 1.11 bits per heavy atom. The van der Waals surface area contributed by atoms with Crippen molar-refractivity contribution >= 4 is 21.7 Å². The molecule has 0 saturated heterocycles. The van der Waals surface area contributed by atoms with Crippen molar-refractivity contribution in [3.05, 3.63) is 83.7 Å². The Labute approximate surface area is 217 Å². The number of aryl methyl sites for hydroxylation is 2. The third-order valence-corrected chi connectivity index (χ3v) is 7.63. The maximum absolute atomic E-state index is 13.0. The van der Waals surface area contributed by atoms with Gasteiger partial charge in [-0.15, -0.1) is 0 Å². The number of hydrogen-bond donors (Lipinski definition) is 3. The standard InChI is InChI=1S/C28H32N4O4S/c1-17-11-12-22(37(30,34)35)16-24(17)19(3)36-27-18(2)31-14-13-23(27)20-7-6-8-21(15-20)28(33)32-26-10-5-4-9-25(26)29/h6-8,11-16,25-26H,3-5,9-10,29H2,1-2H3,(H,32,33)(H2,30,34,35). The summed E-state index contributed by atoms with van der Waals surface area (Å²) in [5, 5.41) is 8.40. The Bertz CT molecular complexity index is 1450. The summed E-state index contributed by atoms with van der Waals surface area (Å²) in [6, 6.07) is 13.6. The minimum Gasteiger partial charge on any atom is -0.455 e. The Kier molecular flexibility index (Phi) is 7.77. The van der Waals surface area contributed by atoms with Gasteiger partial charge in [0.25, 0.3) is 5.91 Å². The Balaban J connectivity index is 1.63. The molecule has 2 unspecified atom stereocenters. The van der Waals surface area contributed by atoms with Gasteiger partial charge < -0.3 is 15.8 Å². The number of sulfonamides is 1. The zero-order chi connectivity index (χ0) is 26.7. The van der Waals surface area contributed by atoms with Crippen molar-refractivity contribution in [1.82, 2.24) is 10.3 Å². The molecule has 2 aromatic carbocycles. The molecule has 1 amide bonds. The van der Waals surface area contributed by atoms with Crippen LogP contribution in [0.1, 0.15) is 52.9 Å². The molecule has 0 bridgehead atoms. The molecule has 5 N–H and O–H groups in total. The van der Waals surface area contributed by atoms with Crippen LogP contribution in [0.4, 0.5) is 0 Å². The van der Waals surface area contributed by atoms with Gasteiger partial charge in [0.1, 0.15) is 5.76 Å². The first-order valence-electron chi connectivity index (χ1n) is 12.2. The van der Waals surface area contributed by atoms with Crippen molar-refractivity contribution in [2.75, 3.05) is 0 Å². The van der Waals surface area contributed by atoms with Gasteiger partial charge in [0.15, 0.2) is 5.75 Å². The number of carbonyl (C=O) groups is 1. The van der Waals surface area contributed by atoms with Crippen molar-refractivity contribution < 1.29 is 17.9 Å². The second kappa shape index (κ2) is 10.8. The molecule has 4 rings (SSSR count). The number of benzene rings is 2. The van der Waals surface area contributed by atoms with E-state index in [2.05, 4.69) is 16.9 Å². The second-order valence-electron chi connectivity index (χ2n) is 9.43. The first kappa shape index (κ1) is 26.5. The lowest BCUT2D eigenvalue weighted by Gasteiger charge is -2.29. The number of ether oxygens (including phenoxy) is 1. The van der Waals surface area contributed by atoms with Crippen molar-refractivity contribution in [2.24, 2.45) is 10.9 Å². The van der Waals surface area contributed by atoms with Crippen molar-refractivity contribution in [3.63, 3.8) is 0 Å². The first-order chi connectivity index (χ1) is 17.5. The van der Waals surface area contributed by atoms with Gasteiger partial charge in [-0.25, -0.2) is 13.6 Å². The minimum atomic E-state index is -3.89. The van der Waals surface area contributed by atoms with Crippen LogP contribution >= 0.6 is 0 Å². The molecule has 37 heavy (non-hydrogen) atoms. The highest BCUT2D eigenvalue weighted by Gasteiger charge is 2.24. The highest BCUT2D eigenvalue weighted by molar-refractivity contribution is 7.89. The monoisotopic (exact) mass is 520 g/mol. The van der Waals surface area contributed by atoms with Crippen molar-refractivity contribution in [1.29, 1.82) is 0 Å². The molecule has 2 atom stereocenters. The van der Waals surface area contributed by atoms with E-state index in [9.17, 15) is 13.2 Å². The lowest BCUT2D eigenvalue weighted by molar-refractivity contribution is 0.0921. The van der Waals surface area contributed by atoms with Crippen LogP contribution in [0.15, 0.2) is 66.2 Å². The van der Waals surface area contributed by atoms with Crippen LogP contribution in [0.5, 0.6) is 5.75 Å². The average molecular weight is 521 g/mol. The average Bonchev–Trinajstić information content (AvgIpc) is 2.86. The molecular weight excluding hydrogens is 488 g/mol. The minimum absolute atomic E-state index is 0.0302. The van der Waals surface area contributed by atoms with E-state index in [-0.39, 0.29) is 28.6 Å². The highest BCUT2D eigenvalue weighted by Crippen LogP contribution is 2.35. The molecule has 1 heterocycles. The van der Waals surface area contributed by atoms with E-state index < -0.39 is 10.0 Å². The SMILES string of the molecule is C=C(Oc1c(-c2cccc(C(=O)NC3CCCCC3N)c2)ccnc1C)c1cc(S(N)(=O)=O)ccc1C. The summed E-state index contributed by atoms with van der Waals surface area (Å²) in [5.41, 5.74) is 10.1. The van der Waals surface area contributed by atoms with Gasteiger partial charge in [0.05, 0.1) is 10.6 Å². The Morgan fingerprint density at radius 3 is 2.59 bits per heavy atom. The maximum atomic E-state index is 13.0. The van der Waals surface area contributed by atoms with E-state index in [1.807, 2.05) is 19.1 Å². The summed E-state index contributed by atoms with van der Waals surface area (Å²) < 4.78 is 29.9. The van der Waals surface area contributed by atoms with E-state index in [4.69, 9.17) is 15.6 Å². The van der Waals surface area contributed by atoms with Crippen LogP contribution in [-0.4, -0.2) is 31.4 Å². The van der Waals surface area contributed by atoms with Crippen molar-refractivity contribution in [2.45, 2.75) is 56.5 Å². The summed E-state index contributed by atoms with van der Waals surface area (Å²) in [6.07, 6.45) is 5.60. The van der Waals surface area contributed by atoms with E-state index in [0.717, 1.165) is 42.4 Å². The number of hydrogen-bond acceptors (Lipinski definition) is 6. The smallest absolute Gasteiger partial charge is 0.251 e. The van der Waals surface area contributed by atoms with Gasteiger partial charge in [-0.1, -0.05) is 37.6 Å². The zero-order valence-corrected chi connectivity index (χ0v) is 21.8. The van der Waals surface area contributed by atoms with E-state index in [0.29, 0.717) is 22.6 Å². The van der Waals surface area contributed by atoms with Crippen LogP contribution in [0.25, 0.3) is 16.9 Å². The van der Waals surface area contributed by atoms with Crippen LogP contribution in [0, 0.1) is 13.8 Å². The fourth-order valence-corrected chi connectivity index (χ4v) is 5.12. The number of carbonyl (C=O) groups excluding carboxylic acids is 1. The molecule has 1 fully saturated rings. The second-order valence-corrected chi connectivity index (χ2v) is 11.0. The molecule has 0 aliphatic heterocycles. The normalized spacial score (nSPS) is 17.7. The van der Waals surface area contributed by atoms with Gasteiger partial charge in [-0.05, 0) is 68.1 Å². The lowest BCUT2D eigenvalue weighted by atomic mass is 9.91. The molecule has 1 aliphatic carbocycles.